The van der Waals surface area contributed by atoms with Crippen LogP contribution < -0.4 is 10.6 Å². The number of nitrogens with one attached hydrogen (secondary N) is 2. The maximum absolute atomic E-state index is 12.3. The van der Waals surface area contributed by atoms with E-state index in [1.807, 2.05) is 38.4 Å². The van der Waals surface area contributed by atoms with Crippen LogP contribution in [-0.2, 0) is 16.6 Å². The van der Waals surface area contributed by atoms with Gasteiger partial charge in [0.25, 0.3) is 0 Å². The molecule has 0 aliphatic carbocycles. The first-order valence-corrected chi connectivity index (χ1v) is 9.02. The van der Waals surface area contributed by atoms with Crippen molar-refractivity contribution in [1.82, 2.24) is 15.2 Å². The largest absolute Gasteiger partial charge is 0.355 e. The average molecular weight is 349 g/mol. The van der Waals surface area contributed by atoms with Crippen LogP contribution >= 0.6 is 0 Å². The SMILES string of the molecule is Cn1ccc2cc(C3=C/C=C(/[C@@]4(C)CCNC4=O)CCC(=O)N3)ccc21. The van der Waals surface area contributed by atoms with Crippen LogP contribution in [0.25, 0.3) is 16.6 Å². The van der Waals surface area contributed by atoms with E-state index in [-0.39, 0.29) is 11.8 Å². The normalized spacial score (nSPS) is 25.8. The maximum Gasteiger partial charge on any atom is 0.230 e. The summed E-state index contributed by atoms with van der Waals surface area (Å²) in [5.74, 6) is 0.0439. The van der Waals surface area contributed by atoms with E-state index in [4.69, 9.17) is 0 Å². The van der Waals surface area contributed by atoms with Crippen molar-refractivity contribution in [2.24, 2.45) is 12.5 Å². The zero-order valence-corrected chi connectivity index (χ0v) is 15.1. The zero-order chi connectivity index (χ0) is 18.3. The molecule has 1 fully saturated rings. The highest BCUT2D eigenvalue weighted by atomic mass is 16.2. The predicted molar refractivity (Wildman–Crippen MR) is 102 cm³/mol. The van der Waals surface area contributed by atoms with Gasteiger partial charge in [-0.3, -0.25) is 9.59 Å². The van der Waals surface area contributed by atoms with E-state index in [2.05, 4.69) is 33.4 Å². The number of carbonyl (C=O) groups is 2. The number of benzene rings is 1. The van der Waals surface area contributed by atoms with Gasteiger partial charge >= 0.3 is 0 Å². The fourth-order valence-electron chi connectivity index (χ4n) is 3.89. The van der Waals surface area contributed by atoms with Crippen molar-refractivity contribution in [3.63, 3.8) is 0 Å². The minimum absolute atomic E-state index is 0.0167. The standard InChI is InChI=1S/C21H23N3O2/c1-21(10-11-22-20(21)26)16-4-6-17(23-19(25)8-5-16)14-3-7-18-15(13-14)9-12-24(18)2/h3-4,6-7,9,12-13H,5,8,10-11H2,1-2H3,(H,22,26)(H,23,25)/b16-4+,17-6?/t21-/m1/s1. The van der Waals surface area contributed by atoms with Crippen molar-refractivity contribution in [3.8, 4) is 0 Å². The Kier molecular flexibility index (Phi) is 3.94. The molecule has 2 amide bonds. The Morgan fingerprint density at radius 1 is 1.12 bits per heavy atom. The highest BCUT2D eigenvalue weighted by Gasteiger charge is 2.40. The first kappa shape index (κ1) is 16.6. The Bertz CT molecular complexity index is 967. The van der Waals surface area contributed by atoms with E-state index >= 15 is 0 Å². The molecule has 2 aliphatic rings. The minimum atomic E-state index is -0.511. The molecule has 0 spiro atoms. The molecule has 2 N–H and O–H groups in total. The third kappa shape index (κ3) is 2.73. The monoisotopic (exact) mass is 349 g/mol. The number of aromatic nitrogens is 1. The number of nitrogens with zero attached hydrogens (tertiary/aromatic N) is 1. The van der Waals surface area contributed by atoms with Gasteiger partial charge in [-0.2, -0.15) is 0 Å². The van der Waals surface area contributed by atoms with Gasteiger partial charge in [-0.05, 0) is 49.6 Å². The van der Waals surface area contributed by atoms with Gasteiger partial charge in [0, 0.05) is 42.8 Å². The Labute approximate surface area is 152 Å². The van der Waals surface area contributed by atoms with E-state index in [9.17, 15) is 9.59 Å². The molecule has 4 rings (SSSR count). The molecule has 1 aromatic carbocycles. The minimum Gasteiger partial charge on any atom is -0.355 e. The second kappa shape index (κ2) is 6.16. The van der Waals surface area contributed by atoms with Crippen LogP contribution in [0.3, 0.4) is 0 Å². The van der Waals surface area contributed by atoms with Crippen molar-refractivity contribution in [2.45, 2.75) is 26.2 Å². The molecular weight excluding hydrogens is 326 g/mol. The van der Waals surface area contributed by atoms with E-state index < -0.39 is 5.41 Å². The summed E-state index contributed by atoms with van der Waals surface area (Å²) in [7, 11) is 2.02. The smallest absolute Gasteiger partial charge is 0.230 e. The topological polar surface area (TPSA) is 63.1 Å². The van der Waals surface area contributed by atoms with Crippen molar-refractivity contribution < 1.29 is 9.59 Å². The number of allylic oxidation sites excluding steroid dienone is 2. The van der Waals surface area contributed by atoms with Gasteiger partial charge in [-0.25, -0.2) is 0 Å². The summed E-state index contributed by atoms with van der Waals surface area (Å²) in [4.78, 5) is 24.6. The number of hydrogen-bond donors (Lipinski definition) is 2. The van der Waals surface area contributed by atoms with Gasteiger partial charge < -0.3 is 15.2 Å². The average Bonchev–Trinajstić information content (AvgIpc) is 3.14. The third-order valence-electron chi connectivity index (χ3n) is 5.66. The number of fused-ring (bicyclic) bond motifs is 1. The van der Waals surface area contributed by atoms with Crippen LogP contribution in [0.4, 0.5) is 0 Å². The lowest BCUT2D eigenvalue weighted by atomic mass is 9.77. The van der Waals surface area contributed by atoms with E-state index in [0.29, 0.717) is 19.4 Å². The zero-order valence-electron chi connectivity index (χ0n) is 15.1. The van der Waals surface area contributed by atoms with Crippen LogP contribution in [0.2, 0.25) is 0 Å². The molecule has 0 radical (unpaired) electrons. The Morgan fingerprint density at radius 2 is 1.96 bits per heavy atom. The molecular formula is C21H23N3O2. The summed E-state index contributed by atoms with van der Waals surface area (Å²) in [5.41, 5.74) is 3.41. The summed E-state index contributed by atoms with van der Waals surface area (Å²) in [6.45, 7) is 2.67. The fourth-order valence-corrected chi connectivity index (χ4v) is 3.89. The van der Waals surface area contributed by atoms with Crippen molar-refractivity contribution >= 4 is 28.4 Å². The number of aryl methyl sites for hydroxylation is 1. The first-order chi connectivity index (χ1) is 12.5. The lowest BCUT2D eigenvalue weighted by Crippen LogP contribution is -2.31. The number of amides is 2. The second-order valence-corrected chi connectivity index (χ2v) is 7.36. The lowest BCUT2D eigenvalue weighted by Gasteiger charge is -2.25. The van der Waals surface area contributed by atoms with E-state index in [1.165, 1.54) is 0 Å². The molecule has 1 atom stereocenters. The van der Waals surface area contributed by atoms with E-state index in [1.54, 1.807) is 0 Å². The highest BCUT2D eigenvalue weighted by Crippen LogP contribution is 2.38. The Morgan fingerprint density at radius 3 is 2.73 bits per heavy atom. The molecule has 0 bridgehead atoms. The fraction of sp³-hybridized carbons (Fsp3) is 0.333. The summed E-state index contributed by atoms with van der Waals surface area (Å²) in [6.07, 6.45) is 7.76. The molecule has 5 nitrogen and oxygen atoms in total. The summed E-state index contributed by atoms with van der Waals surface area (Å²) < 4.78 is 2.07. The van der Waals surface area contributed by atoms with Crippen molar-refractivity contribution in [2.75, 3.05) is 6.54 Å². The van der Waals surface area contributed by atoms with Crippen LogP contribution in [-0.4, -0.2) is 22.9 Å². The molecule has 3 heterocycles. The number of rotatable bonds is 2. The molecule has 0 unspecified atom stereocenters. The molecule has 134 valence electrons. The summed E-state index contributed by atoms with van der Waals surface area (Å²) in [6, 6.07) is 8.23. The molecule has 1 aromatic heterocycles. The molecule has 0 saturated carbocycles. The molecule has 26 heavy (non-hydrogen) atoms. The number of carbonyl (C=O) groups excluding carboxylic acids is 2. The molecule has 2 aromatic rings. The predicted octanol–water partition coefficient (Wildman–Crippen LogP) is 2.88. The van der Waals surface area contributed by atoms with Crippen molar-refractivity contribution in [1.29, 1.82) is 0 Å². The Hall–Kier alpha value is -2.82. The highest BCUT2D eigenvalue weighted by molar-refractivity contribution is 5.92. The van der Waals surface area contributed by atoms with Crippen LogP contribution in [0.5, 0.6) is 0 Å². The second-order valence-electron chi connectivity index (χ2n) is 7.36. The van der Waals surface area contributed by atoms with Crippen LogP contribution in [0.1, 0.15) is 31.7 Å². The molecule has 5 heteroatoms. The number of hydrogen-bond acceptors (Lipinski definition) is 2. The summed E-state index contributed by atoms with van der Waals surface area (Å²) in [5, 5.41) is 7.06. The van der Waals surface area contributed by atoms with Gasteiger partial charge in [0.2, 0.25) is 11.8 Å². The lowest BCUT2D eigenvalue weighted by molar-refractivity contribution is -0.125. The molecule has 2 aliphatic heterocycles. The van der Waals surface area contributed by atoms with Crippen molar-refractivity contribution in [3.05, 3.63) is 53.8 Å². The maximum atomic E-state index is 12.3. The van der Waals surface area contributed by atoms with Gasteiger partial charge in [0.15, 0.2) is 0 Å². The molecule has 1 saturated heterocycles. The van der Waals surface area contributed by atoms with Gasteiger partial charge in [-0.15, -0.1) is 0 Å². The van der Waals surface area contributed by atoms with Gasteiger partial charge in [0.05, 0.1) is 5.41 Å². The quantitative estimate of drug-likeness (QED) is 0.876. The van der Waals surface area contributed by atoms with E-state index in [0.717, 1.165) is 34.2 Å². The van der Waals surface area contributed by atoms with Crippen LogP contribution in [0.15, 0.2) is 48.2 Å². The summed E-state index contributed by atoms with van der Waals surface area (Å²) >= 11 is 0. The van der Waals surface area contributed by atoms with Gasteiger partial charge in [0.1, 0.15) is 0 Å². The first-order valence-electron chi connectivity index (χ1n) is 9.02. The van der Waals surface area contributed by atoms with Crippen LogP contribution in [0, 0.1) is 5.41 Å². The Balaban J connectivity index is 1.75. The third-order valence-corrected chi connectivity index (χ3v) is 5.66. The van der Waals surface area contributed by atoms with Gasteiger partial charge in [-0.1, -0.05) is 17.7 Å².